The van der Waals surface area contributed by atoms with Crippen molar-refractivity contribution in [3.05, 3.63) is 41.5 Å². The minimum Gasteiger partial charge on any atom is -0.308 e. The molecule has 3 heteroatoms. The highest BCUT2D eigenvalue weighted by Crippen LogP contribution is 2.28. The molecule has 80 valence electrons. The minimum absolute atomic E-state index is 0.0267. The topological polar surface area (TPSA) is 23.9 Å². The monoisotopic (exact) mass is 209 g/mol. The maximum Gasteiger partial charge on any atom is 0.270 e. The molecule has 0 spiro atoms. The van der Waals surface area contributed by atoms with Crippen LogP contribution < -0.4 is 0 Å². The maximum atomic E-state index is 13.0. The molecule has 15 heavy (non-hydrogen) atoms. The van der Waals surface area contributed by atoms with Gasteiger partial charge in [-0.25, -0.2) is 8.78 Å². The summed E-state index contributed by atoms with van der Waals surface area (Å²) < 4.78 is 26.1. The Morgan fingerprint density at radius 1 is 1.40 bits per heavy atom. The standard InChI is InChI=1S/C12H13F2N/c1-3-9(8-15)10-5-4-6-11(7-10)12(2,13)14/h3-8,15H,1-2H3/b9-3+,15-8?. The van der Waals surface area contributed by atoms with Gasteiger partial charge >= 0.3 is 0 Å². The van der Waals surface area contributed by atoms with Gasteiger partial charge in [0.25, 0.3) is 5.92 Å². The molecule has 0 saturated heterocycles. The van der Waals surface area contributed by atoms with Gasteiger partial charge in [-0.05, 0) is 24.1 Å². The summed E-state index contributed by atoms with van der Waals surface area (Å²) >= 11 is 0. The molecular formula is C12H13F2N. The Morgan fingerprint density at radius 3 is 2.53 bits per heavy atom. The molecule has 0 saturated carbocycles. The van der Waals surface area contributed by atoms with Crippen LogP contribution in [0.25, 0.3) is 5.57 Å². The first-order chi connectivity index (χ1) is 6.99. The molecule has 0 atom stereocenters. The fraction of sp³-hybridized carbons (Fsp3) is 0.250. The number of hydrogen-bond donors (Lipinski definition) is 1. The molecule has 0 fully saturated rings. The van der Waals surface area contributed by atoms with E-state index in [-0.39, 0.29) is 5.56 Å². The minimum atomic E-state index is -2.84. The van der Waals surface area contributed by atoms with Crippen LogP contribution in [-0.2, 0) is 5.92 Å². The lowest BCUT2D eigenvalue weighted by Crippen LogP contribution is -2.07. The number of hydrogen-bond acceptors (Lipinski definition) is 1. The Morgan fingerprint density at radius 2 is 2.07 bits per heavy atom. The second kappa shape index (κ2) is 4.34. The van der Waals surface area contributed by atoms with E-state index in [0.29, 0.717) is 11.1 Å². The van der Waals surface area contributed by atoms with Crippen molar-refractivity contribution in [2.45, 2.75) is 19.8 Å². The summed E-state index contributed by atoms with van der Waals surface area (Å²) in [6.45, 7) is 2.64. The third-order valence-corrected chi connectivity index (χ3v) is 2.17. The Bertz CT molecular complexity index is 389. The van der Waals surface area contributed by atoms with Crippen molar-refractivity contribution < 1.29 is 8.78 Å². The molecule has 0 amide bonds. The van der Waals surface area contributed by atoms with Crippen LogP contribution in [-0.4, -0.2) is 6.21 Å². The van der Waals surface area contributed by atoms with Crippen LogP contribution in [0.4, 0.5) is 8.78 Å². The van der Waals surface area contributed by atoms with E-state index in [1.807, 2.05) is 0 Å². The molecule has 0 aliphatic carbocycles. The zero-order chi connectivity index (χ0) is 11.5. The van der Waals surface area contributed by atoms with E-state index >= 15 is 0 Å². The van der Waals surface area contributed by atoms with Gasteiger partial charge in [0, 0.05) is 18.7 Å². The van der Waals surface area contributed by atoms with Crippen molar-refractivity contribution in [2.75, 3.05) is 0 Å². The number of benzene rings is 1. The van der Waals surface area contributed by atoms with Crippen molar-refractivity contribution in [1.29, 1.82) is 5.41 Å². The summed E-state index contributed by atoms with van der Waals surface area (Å²) in [5.74, 6) is -2.84. The summed E-state index contributed by atoms with van der Waals surface area (Å²) in [5.41, 5.74) is 1.26. The number of nitrogens with one attached hydrogen (secondary N) is 1. The number of rotatable bonds is 3. The van der Waals surface area contributed by atoms with E-state index in [4.69, 9.17) is 5.41 Å². The molecule has 0 aliphatic rings. The van der Waals surface area contributed by atoms with Gasteiger partial charge in [0.1, 0.15) is 0 Å². The molecule has 1 nitrogen and oxygen atoms in total. The molecule has 1 aromatic carbocycles. The van der Waals surface area contributed by atoms with Gasteiger partial charge in [0.15, 0.2) is 0 Å². The molecule has 1 rings (SSSR count). The van der Waals surface area contributed by atoms with Gasteiger partial charge in [-0.3, -0.25) is 0 Å². The number of allylic oxidation sites excluding steroid dienone is 2. The normalized spacial score (nSPS) is 12.7. The van der Waals surface area contributed by atoms with E-state index in [9.17, 15) is 8.78 Å². The molecule has 0 aliphatic heterocycles. The highest BCUT2D eigenvalue weighted by Gasteiger charge is 2.24. The molecule has 1 N–H and O–H groups in total. The zero-order valence-corrected chi connectivity index (χ0v) is 8.72. The van der Waals surface area contributed by atoms with Crippen molar-refractivity contribution in [3.8, 4) is 0 Å². The molecule has 0 aromatic heterocycles. The van der Waals surface area contributed by atoms with E-state index in [2.05, 4.69) is 0 Å². The van der Waals surface area contributed by atoms with Crippen molar-refractivity contribution in [2.24, 2.45) is 0 Å². The van der Waals surface area contributed by atoms with Gasteiger partial charge in [0.05, 0.1) is 0 Å². The summed E-state index contributed by atoms with van der Waals surface area (Å²) in [4.78, 5) is 0. The Kier molecular flexibility index (Phi) is 3.35. The lowest BCUT2D eigenvalue weighted by atomic mass is 10.0. The van der Waals surface area contributed by atoms with E-state index in [1.54, 1.807) is 25.1 Å². The molecule has 0 unspecified atom stereocenters. The largest absolute Gasteiger partial charge is 0.308 e. The van der Waals surface area contributed by atoms with Crippen LogP contribution in [0.2, 0.25) is 0 Å². The van der Waals surface area contributed by atoms with Crippen molar-refractivity contribution in [3.63, 3.8) is 0 Å². The zero-order valence-electron chi connectivity index (χ0n) is 8.72. The maximum absolute atomic E-state index is 13.0. The van der Waals surface area contributed by atoms with Gasteiger partial charge in [-0.2, -0.15) is 0 Å². The Hall–Kier alpha value is -1.51. The van der Waals surface area contributed by atoms with Crippen LogP contribution in [0.15, 0.2) is 30.3 Å². The van der Waals surface area contributed by atoms with Crippen molar-refractivity contribution >= 4 is 11.8 Å². The number of halogens is 2. The SMILES string of the molecule is C/C=C(\C=N)c1cccc(C(C)(F)F)c1. The van der Waals surface area contributed by atoms with Gasteiger partial charge in [0.2, 0.25) is 0 Å². The smallest absolute Gasteiger partial charge is 0.270 e. The summed E-state index contributed by atoms with van der Waals surface area (Å²) in [6.07, 6.45) is 2.88. The third kappa shape index (κ3) is 2.72. The van der Waals surface area contributed by atoms with E-state index < -0.39 is 5.92 Å². The van der Waals surface area contributed by atoms with Gasteiger partial charge in [-0.1, -0.05) is 24.3 Å². The van der Waals surface area contributed by atoms with E-state index in [0.717, 1.165) is 13.1 Å². The average Bonchev–Trinajstić information content (AvgIpc) is 2.19. The van der Waals surface area contributed by atoms with Crippen LogP contribution in [0.5, 0.6) is 0 Å². The highest BCUT2D eigenvalue weighted by molar-refractivity contribution is 6.08. The predicted octanol–water partition coefficient (Wildman–Crippen LogP) is 3.85. The highest BCUT2D eigenvalue weighted by atomic mass is 19.3. The Balaban J connectivity index is 3.19. The van der Waals surface area contributed by atoms with Crippen molar-refractivity contribution in [1.82, 2.24) is 0 Å². The first kappa shape index (κ1) is 11.6. The van der Waals surface area contributed by atoms with E-state index in [1.165, 1.54) is 12.1 Å². The second-order valence-electron chi connectivity index (χ2n) is 3.36. The summed E-state index contributed by atoms with van der Waals surface area (Å²) in [5, 5.41) is 7.14. The third-order valence-electron chi connectivity index (χ3n) is 2.17. The average molecular weight is 209 g/mol. The fourth-order valence-electron chi connectivity index (χ4n) is 1.31. The first-order valence-corrected chi connectivity index (χ1v) is 4.64. The van der Waals surface area contributed by atoms with Gasteiger partial charge < -0.3 is 5.41 Å². The quantitative estimate of drug-likeness (QED) is 0.731. The summed E-state index contributed by atoms with van der Waals surface area (Å²) in [7, 11) is 0. The molecule has 1 aromatic rings. The molecular weight excluding hydrogens is 196 g/mol. The molecule has 0 heterocycles. The number of alkyl halides is 2. The van der Waals surface area contributed by atoms with Crippen LogP contribution in [0.3, 0.4) is 0 Å². The fourth-order valence-corrected chi connectivity index (χ4v) is 1.31. The van der Waals surface area contributed by atoms with Crippen LogP contribution >= 0.6 is 0 Å². The predicted molar refractivity (Wildman–Crippen MR) is 58.4 cm³/mol. The first-order valence-electron chi connectivity index (χ1n) is 4.64. The lowest BCUT2D eigenvalue weighted by Gasteiger charge is -2.11. The van der Waals surface area contributed by atoms with Crippen LogP contribution in [0, 0.1) is 5.41 Å². The molecule has 0 radical (unpaired) electrons. The van der Waals surface area contributed by atoms with Gasteiger partial charge in [-0.15, -0.1) is 0 Å². The lowest BCUT2D eigenvalue weighted by molar-refractivity contribution is 0.0174. The second-order valence-corrected chi connectivity index (χ2v) is 3.36. The van der Waals surface area contributed by atoms with Crippen LogP contribution in [0.1, 0.15) is 25.0 Å². The summed E-state index contributed by atoms with van der Waals surface area (Å²) in [6, 6.07) is 6.10. The molecule has 0 bridgehead atoms. The Labute approximate surface area is 87.9 Å².